The highest BCUT2D eigenvalue weighted by molar-refractivity contribution is 6.21. The van der Waals surface area contributed by atoms with E-state index in [0.29, 0.717) is 17.5 Å². The van der Waals surface area contributed by atoms with Crippen LogP contribution in [-0.4, -0.2) is 35.8 Å². The van der Waals surface area contributed by atoms with Gasteiger partial charge in [0.25, 0.3) is 11.8 Å². The topological polar surface area (TPSA) is 78.5 Å². The number of halogens is 3. The smallest absolute Gasteiger partial charge is 0.338 e. The molecule has 0 atom stereocenters. The van der Waals surface area contributed by atoms with Crippen molar-refractivity contribution in [3.63, 3.8) is 0 Å². The van der Waals surface area contributed by atoms with Crippen molar-refractivity contribution < 1.29 is 27.6 Å². The predicted molar refractivity (Wildman–Crippen MR) is 94.9 cm³/mol. The third kappa shape index (κ3) is 4.13. The average Bonchev–Trinajstić information content (AvgIpc) is 2.89. The molecule has 0 radical (unpaired) electrons. The number of imide groups is 1. The van der Waals surface area contributed by atoms with E-state index in [-0.39, 0.29) is 30.6 Å². The highest BCUT2D eigenvalue weighted by Crippen LogP contribution is 2.30. The van der Waals surface area contributed by atoms with E-state index in [1.807, 2.05) is 0 Å². The Bertz CT molecular complexity index is 893. The molecule has 3 rings (SSSR count). The summed E-state index contributed by atoms with van der Waals surface area (Å²) in [7, 11) is 0. The predicted octanol–water partition coefficient (Wildman–Crippen LogP) is 3.51. The lowest BCUT2D eigenvalue weighted by atomic mass is 10.1. The summed E-state index contributed by atoms with van der Waals surface area (Å²) >= 11 is 0. The molecule has 0 aliphatic carbocycles. The number of benzene rings is 2. The lowest BCUT2D eigenvalue weighted by Crippen LogP contribution is -2.35. The summed E-state index contributed by atoms with van der Waals surface area (Å²) in [6.07, 6.45) is -4.19. The first-order valence-corrected chi connectivity index (χ1v) is 8.45. The number of carbonyl (C=O) groups is 3. The van der Waals surface area contributed by atoms with E-state index in [4.69, 9.17) is 0 Å². The fraction of sp³-hybridized carbons (Fsp3) is 0.211. The maximum Gasteiger partial charge on any atom is 0.416 e. The first-order chi connectivity index (χ1) is 13.3. The molecule has 2 N–H and O–H groups in total. The van der Waals surface area contributed by atoms with Crippen LogP contribution in [0.25, 0.3) is 0 Å². The Labute approximate surface area is 158 Å². The number of hydrogen-bond acceptors (Lipinski definition) is 3. The van der Waals surface area contributed by atoms with Crippen LogP contribution in [0, 0.1) is 0 Å². The Kier molecular flexibility index (Phi) is 5.34. The van der Waals surface area contributed by atoms with Gasteiger partial charge < -0.3 is 10.6 Å². The van der Waals surface area contributed by atoms with Crippen molar-refractivity contribution in [1.29, 1.82) is 0 Å². The van der Waals surface area contributed by atoms with Gasteiger partial charge in [0.15, 0.2) is 0 Å². The van der Waals surface area contributed by atoms with Gasteiger partial charge in [0, 0.05) is 18.8 Å². The van der Waals surface area contributed by atoms with E-state index in [1.165, 1.54) is 12.1 Å². The van der Waals surface area contributed by atoms with Crippen molar-refractivity contribution in [2.45, 2.75) is 12.6 Å². The number of fused-ring (bicyclic) bond motifs is 1. The fourth-order valence-corrected chi connectivity index (χ4v) is 2.83. The zero-order valence-electron chi connectivity index (χ0n) is 14.5. The summed E-state index contributed by atoms with van der Waals surface area (Å²) in [6, 6.07) is 10.1. The molecular weight excluding hydrogens is 375 g/mol. The van der Waals surface area contributed by atoms with Crippen LogP contribution in [0.5, 0.6) is 0 Å². The van der Waals surface area contributed by atoms with Gasteiger partial charge in [-0.1, -0.05) is 18.2 Å². The molecule has 146 valence electrons. The van der Waals surface area contributed by atoms with Crippen molar-refractivity contribution in [3.8, 4) is 0 Å². The Morgan fingerprint density at radius 3 is 2.21 bits per heavy atom. The molecule has 0 aromatic heterocycles. The molecule has 0 saturated carbocycles. The number of nitrogens with one attached hydrogen (secondary N) is 2. The summed E-state index contributed by atoms with van der Waals surface area (Å²) in [5.74, 6) is -0.761. The normalized spacial score (nSPS) is 13.5. The van der Waals surface area contributed by atoms with Gasteiger partial charge in [0.05, 0.1) is 16.7 Å². The Morgan fingerprint density at radius 1 is 0.964 bits per heavy atom. The Balaban J connectivity index is 1.47. The molecule has 1 aliphatic heterocycles. The molecule has 0 spiro atoms. The van der Waals surface area contributed by atoms with Crippen LogP contribution in [0.2, 0.25) is 0 Å². The van der Waals surface area contributed by atoms with Gasteiger partial charge in [-0.25, -0.2) is 4.79 Å². The second-order valence-electron chi connectivity index (χ2n) is 6.12. The van der Waals surface area contributed by atoms with Crippen LogP contribution < -0.4 is 10.6 Å². The van der Waals surface area contributed by atoms with Crippen LogP contribution in [0.1, 0.15) is 32.7 Å². The van der Waals surface area contributed by atoms with Crippen LogP contribution in [-0.2, 0) is 6.18 Å². The van der Waals surface area contributed by atoms with E-state index in [9.17, 15) is 27.6 Å². The van der Waals surface area contributed by atoms with E-state index in [2.05, 4.69) is 10.6 Å². The van der Waals surface area contributed by atoms with Crippen molar-refractivity contribution in [1.82, 2.24) is 10.2 Å². The lowest BCUT2D eigenvalue weighted by molar-refractivity contribution is -0.137. The quantitative estimate of drug-likeness (QED) is 0.605. The van der Waals surface area contributed by atoms with Crippen LogP contribution >= 0.6 is 0 Å². The minimum absolute atomic E-state index is 0.00710. The van der Waals surface area contributed by atoms with Crippen molar-refractivity contribution in [2.75, 3.05) is 18.4 Å². The lowest BCUT2D eigenvalue weighted by Gasteiger charge is -2.14. The van der Waals surface area contributed by atoms with E-state index < -0.39 is 17.8 Å². The second kappa shape index (κ2) is 7.71. The van der Waals surface area contributed by atoms with Crippen molar-refractivity contribution in [3.05, 3.63) is 65.2 Å². The maximum atomic E-state index is 12.7. The SMILES string of the molecule is O=C(NCCCN1C(=O)c2ccccc2C1=O)Nc1cccc(C(F)(F)F)c1. The molecule has 28 heavy (non-hydrogen) atoms. The molecule has 6 nitrogen and oxygen atoms in total. The largest absolute Gasteiger partial charge is 0.416 e. The van der Waals surface area contributed by atoms with Gasteiger partial charge in [-0.2, -0.15) is 13.2 Å². The molecule has 1 aliphatic rings. The number of carbonyl (C=O) groups excluding carboxylic acids is 3. The van der Waals surface area contributed by atoms with Crippen molar-refractivity contribution in [2.24, 2.45) is 0 Å². The molecule has 9 heteroatoms. The Hall–Kier alpha value is -3.36. The third-order valence-corrected chi connectivity index (χ3v) is 4.17. The summed E-state index contributed by atoms with van der Waals surface area (Å²) in [6.45, 7) is 0.258. The van der Waals surface area contributed by atoms with Crippen LogP contribution in [0.4, 0.5) is 23.7 Å². The average molecular weight is 391 g/mol. The van der Waals surface area contributed by atoms with Gasteiger partial charge in [-0.15, -0.1) is 0 Å². The summed E-state index contributed by atoms with van der Waals surface area (Å²) < 4.78 is 38.0. The maximum absolute atomic E-state index is 12.7. The summed E-state index contributed by atoms with van der Waals surface area (Å²) in [5.41, 5.74) is -0.158. The molecule has 0 saturated heterocycles. The van der Waals surface area contributed by atoms with Crippen LogP contribution in [0.3, 0.4) is 0 Å². The van der Waals surface area contributed by atoms with Crippen LogP contribution in [0.15, 0.2) is 48.5 Å². The number of rotatable bonds is 5. The van der Waals surface area contributed by atoms with Crippen molar-refractivity contribution >= 4 is 23.5 Å². The molecule has 0 fully saturated rings. The van der Waals surface area contributed by atoms with Gasteiger partial charge in [-0.05, 0) is 36.8 Å². The summed E-state index contributed by atoms with van der Waals surface area (Å²) in [4.78, 5) is 37.3. The number of alkyl halides is 3. The first-order valence-electron chi connectivity index (χ1n) is 8.45. The first kappa shape index (κ1) is 19.4. The van der Waals surface area contributed by atoms with E-state index in [1.54, 1.807) is 24.3 Å². The number of nitrogens with zero attached hydrogens (tertiary/aromatic N) is 1. The van der Waals surface area contributed by atoms with Gasteiger partial charge in [-0.3, -0.25) is 14.5 Å². The van der Waals surface area contributed by atoms with E-state index >= 15 is 0 Å². The molecule has 2 aromatic carbocycles. The van der Waals surface area contributed by atoms with E-state index in [0.717, 1.165) is 17.0 Å². The number of urea groups is 1. The molecule has 0 bridgehead atoms. The standard InChI is InChI=1S/C19H16F3N3O3/c20-19(21,22)12-5-3-6-13(11-12)24-18(28)23-9-4-10-25-16(26)14-7-1-2-8-15(14)17(25)27/h1-3,5-8,11H,4,9-10H2,(H2,23,24,28). The van der Waals surface area contributed by atoms with Gasteiger partial charge in [0.1, 0.15) is 0 Å². The zero-order chi connectivity index (χ0) is 20.3. The highest BCUT2D eigenvalue weighted by atomic mass is 19.4. The molecule has 4 amide bonds. The molecular formula is C19H16F3N3O3. The monoisotopic (exact) mass is 391 g/mol. The van der Waals surface area contributed by atoms with Gasteiger partial charge >= 0.3 is 12.2 Å². The minimum Gasteiger partial charge on any atom is -0.338 e. The summed E-state index contributed by atoms with van der Waals surface area (Å²) in [5, 5.41) is 4.80. The highest BCUT2D eigenvalue weighted by Gasteiger charge is 2.34. The number of amides is 4. The second-order valence-corrected chi connectivity index (χ2v) is 6.12. The third-order valence-electron chi connectivity index (χ3n) is 4.17. The Morgan fingerprint density at radius 2 is 1.61 bits per heavy atom. The molecule has 1 heterocycles. The zero-order valence-corrected chi connectivity index (χ0v) is 14.5. The molecule has 0 unspecified atom stereocenters. The number of anilines is 1. The fourth-order valence-electron chi connectivity index (χ4n) is 2.83. The van der Waals surface area contributed by atoms with Gasteiger partial charge in [0.2, 0.25) is 0 Å². The number of hydrogen-bond donors (Lipinski definition) is 2. The molecule has 2 aromatic rings. The minimum atomic E-state index is -4.50.